The average molecular weight is 472 g/mol. The molecule has 0 radical (unpaired) electrons. The summed E-state index contributed by atoms with van der Waals surface area (Å²) < 4.78 is 6.83. The normalized spacial score (nSPS) is 14.3. The SMILES string of the molecule is COC(=O)c1cccc(Nc2nc(Cc3ccc(N4CCC(O)CC4)cc3)nc3ccn(C)c23)c1. The van der Waals surface area contributed by atoms with Crippen LogP contribution in [0.1, 0.15) is 34.6 Å². The van der Waals surface area contributed by atoms with Crippen molar-refractivity contribution in [2.24, 2.45) is 7.05 Å². The van der Waals surface area contributed by atoms with E-state index in [-0.39, 0.29) is 12.1 Å². The zero-order chi connectivity index (χ0) is 24.4. The number of esters is 1. The average Bonchev–Trinajstić information content (AvgIpc) is 3.25. The van der Waals surface area contributed by atoms with Crippen LogP contribution in [0.3, 0.4) is 0 Å². The molecule has 0 aliphatic carbocycles. The van der Waals surface area contributed by atoms with Crippen LogP contribution in [0.4, 0.5) is 17.2 Å². The lowest BCUT2D eigenvalue weighted by Gasteiger charge is -2.31. The number of carbonyl (C=O) groups excluding carboxylic acids is 1. The number of hydrogen-bond donors (Lipinski definition) is 2. The number of piperidine rings is 1. The summed E-state index contributed by atoms with van der Waals surface area (Å²) in [6, 6.07) is 17.6. The second kappa shape index (κ2) is 9.76. The Labute approximate surface area is 204 Å². The molecule has 1 fully saturated rings. The summed E-state index contributed by atoms with van der Waals surface area (Å²) in [5.74, 6) is 1.01. The molecule has 8 heteroatoms. The van der Waals surface area contributed by atoms with E-state index in [4.69, 9.17) is 14.7 Å². The molecule has 0 amide bonds. The molecule has 180 valence electrons. The fourth-order valence-electron chi connectivity index (χ4n) is 4.52. The number of methoxy groups -OCH3 is 1. The van der Waals surface area contributed by atoms with E-state index in [0.29, 0.717) is 23.6 Å². The van der Waals surface area contributed by atoms with Crippen molar-refractivity contribution in [1.29, 1.82) is 0 Å². The number of rotatable bonds is 6. The number of anilines is 3. The number of nitrogens with zero attached hydrogens (tertiary/aromatic N) is 4. The Morgan fingerprint density at radius 1 is 1.11 bits per heavy atom. The lowest BCUT2D eigenvalue weighted by molar-refractivity contribution is 0.0600. The first-order valence-corrected chi connectivity index (χ1v) is 11.8. The summed E-state index contributed by atoms with van der Waals surface area (Å²) in [5, 5.41) is 13.1. The van der Waals surface area contributed by atoms with E-state index in [0.717, 1.165) is 48.2 Å². The molecule has 5 rings (SSSR count). The molecule has 2 aromatic carbocycles. The standard InChI is InChI=1S/C27H29N5O3/c1-31-13-12-23-25(31)26(28-20-5-3-4-19(17-20)27(34)35-2)30-24(29-23)16-18-6-8-21(9-7-18)32-14-10-22(33)11-15-32/h3-9,12-13,17,22,33H,10-11,14-16H2,1-2H3,(H,28,29,30). The molecule has 2 N–H and O–H groups in total. The van der Waals surface area contributed by atoms with Crippen molar-refractivity contribution >= 4 is 34.2 Å². The summed E-state index contributed by atoms with van der Waals surface area (Å²) in [4.78, 5) is 23.9. The fraction of sp³-hybridized carbons (Fsp3) is 0.296. The fourth-order valence-corrected chi connectivity index (χ4v) is 4.52. The Balaban J connectivity index is 1.39. The molecule has 1 aliphatic rings. The quantitative estimate of drug-likeness (QED) is 0.410. The van der Waals surface area contributed by atoms with Gasteiger partial charge < -0.3 is 24.6 Å². The Kier molecular flexibility index (Phi) is 6.37. The Morgan fingerprint density at radius 2 is 1.89 bits per heavy atom. The minimum absolute atomic E-state index is 0.179. The number of aryl methyl sites for hydroxylation is 1. The highest BCUT2D eigenvalue weighted by Gasteiger charge is 2.17. The van der Waals surface area contributed by atoms with Gasteiger partial charge in [-0.25, -0.2) is 14.8 Å². The van der Waals surface area contributed by atoms with Gasteiger partial charge in [-0.3, -0.25) is 0 Å². The summed E-state index contributed by atoms with van der Waals surface area (Å²) >= 11 is 0. The molecule has 0 saturated carbocycles. The second-order valence-electron chi connectivity index (χ2n) is 8.91. The summed E-state index contributed by atoms with van der Waals surface area (Å²) in [6.45, 7) is 1.75. The minimum Gasteiger partial charge on any atom is -0.465 e. The maximum atomic E-state index is 11.9. The molecule has 1 aliphatic heterocycles. The second-order valence-corrected chi connectivity index (χ2v) is 8.91. The molecule has 4 aromatic rings. The van der Waals surface area contributed by atoms with E-state index in [1.165, 1.54) is 12.8 Å². The third-order valence-corrected chi connectivity index (χ3v) is 6.44. The van der Waals surface area contributed by atoms with E-state index in [9.17, 15) is 9.90 Å². The van der Waals surface area contributed by atoms with Crippen LogP contribution in [-0.4, -0.2) is 51.9 Å². The van der Waals surface area contributed by atoms with Crippen LogP contribution in [0.2, 0.25) is 0 Å². The number of aliphatic hydroxyl groups is 1. The van der Waals surface area contributed by atoms with Gasteiger partial charge in [0.2, 0.25) is 0 Å². The maximum Gasteiger partial charge on any atom is 0.337 e. The zero-order valence-corrected chi connectivity index (χ0v) is 19.9. The van der Waals surface area contributed by atoms with Crippen LogP contribution in [0.15, 0.2) is 60.8 Å². The lowest BCUT2D eigenvalue weighted by Crippen LogP contribution is -2.35. The molecule has 0 unspecified atom stereocenters. The number of nitrogens with one attached hydrogen (secondary N) is 1. The maximum absolute atomic E-state index is 11.9. The van der Waals surface area contributed by atoms with Crippen molar-refractivity contribution < 1.29 is 14.6 Å². The van der Waals surface area contributed by atoms with Crippen LogP contribution in [0.5, 0.6) is 0 Å². The number of ether oxygens (including phenoxy) is 1. The highest BCUT2D eigenvalue weighted by molar-refractivity contribution is 5.92. The molecular weight excluding hydrogens is 442 g/mol. The van der Waals surface area contributed by atoms with Gasteiger partial charge >= 0.3 is 5.97 Å². The van der Waals surface area contributed by atoms with Crippen molar-refractivity contribution in [1.82, 2.24) is 14.5 Å². The van der Waals surface area contributed by atoms with Gasteiger partial charge in [0.15, 0.2) is 5.82 Å². The summed E-state index contributed by atoms with van der Waals surface area (Å²) in [5.41, 5.74) is 5.26. The van der Waals surface area contributed by atoms with Crippen molar-refractivity contribution in [3.63, 3.8) is 0 Å². The smallest absolute Gasteiger partial charge is 0.337 e. The first-order chi connectivity index (χ1) is 17.0. The van der Waals surface area contributed by atoms with E-state index >= 15 is 0 Å². The van der Waals surface area contributed by atoms with Gasteiger partial charge in [0, 0.05) is 44.1 Å². The van der Waals surface area contributed by atoms with E-state index in [1.54, 1.807) is 12.1 Å². The minimum atomic E-state index is -0.384. The van der Waals surface area contributed by atoms with Crippen LogP contribution >= 0.6 is 0 Å². The molecule has 8 nitrogen and oxygen atoms in total. The number of benzene rings is 2. The summed E-state index contributed by atoms with van der Waals surface area (Å²) in [7, 11) is 3.33. The number of aliphatic hydroxyl groups excluding tert-OH is 1. The first kappa shape index (κ1) is 22.9. The Morgan fingerprint density at radius 3 is 2.63 bits per heavy atom. The topological polar surface area (TPSA) is 92.5 Å². The van der Waals surface area contributed by atoms with E-state index in [2.05, 4.69) is 34.5 Å². The molecular formula is C27H29N5O3. The number of carbonyl (C=O) groups is 1. The van der Waals surface area contributed by atoms with E-state index in [1.807, 2.05) is 36.0 Å². The molecule has 2 aromatic heterocycles. The predicted octanol–water partition coefficient (Wildman–Crippen LogP) is 4.05. The van der Waals surface area contributed by atoms with Crippen LogP contribution in [-0.2, 0) is 18.2 Å². The molecule has 0 atom stereocenters. The van der Waals surface area contributed by atoms with Gasteiger partial charge in [-0.15, -0.1) is 0 Å². The molecule has 3 heterocycles. The first-order valence-electron chi connectivity index (χ1n) is 11.8. The van der Waals surface area contributed by atoms with Gasteiger partial charge in [-0.1, -0.05) is 18.2 Å². The van der Waals surface area contributed by atoms with Crippen molar-refractivity contribution in [3.8, 4) is 0 Å². The summed E-state index contributed by atoms with van der Waals surface area (Å²) in [6.07, 6.45) is 4.00. The highest BCUT2D eigenvalue weighted by Crippen LogP contribution is 2.26. The lowest BCUT2D eigenvalue weighted by atomic mass is 10.1. The molecule has 0 spiro atoms. The van der Waals surface area contributed by atoms with Gasteiger partial charge in [0.05, 0.1) is 24.3 Å². The molecule has 1 saturated heterocycles. The third kappa shape index (κ3) is 4.97. The van der Waals surface area contributed by atoms with Crippen LogP contribution in [0.25, 0.3) is 11.0 Å². The van der Waals surface area contributed by atoms with Crippen LogP contribution < -0.4 is 10.2 Å². The van der Waals surface area contributed by atoms with E-state index < -0.39 is 0 Å². The van der Waals surface area contributed by atoms with Gasteiger partial charge in [-0.2, -0.15) is 0 Å². The molecule has 35 heavy (non-hydrogen) atoms. The van der Waals surface area contributed by atoms with Gasteiger partial charge in [0.1, 0.15) is 11.3 Å². The van der Waals surface area contributed by atoms with Crippen LogP contribution in [0, 0.1) is 0 Å². The Hall–Kier alpha value is -3.91. The molecule has 0 bridgehead atoms. The number of aromatic nitrogens is 3. The largest absolute Gasteiger partial charge is 0.465 e. The van der Waals surface area contributed by atoms with Crippen molar-refractivity contribution in [2.45, 2.75) is 25.4 Å². The zero-order valence-electron chi connectivity index (χ0n) is 19.9. The highest BCUT2D eigenvalue weighted by atomic mass is 16.5. The monoisotopic (exact) mass is 471 g/mol. The van der Waals surface area contributed by atoms with Gasteiger partial charge in [-0.05, 0) is 54.8 Å². The number of hydrogen-bond acceptors (Lipinski definition) is 7. The van der Waals surface area contributed by atoms with Crippen molar-refractivity contribution in [2.75, 3.05) is 30.4 Å². The Bertz CT molecular complexity index is 1340. The third-order valence-electron chi connectivity index (χ3n) is 6.44. The number of fused-ring (bicyclic) bond motifs is 1. The van der Waals surface area contributed by atoms with Crippen molar-refractivity contribution in [3.05, 3.63) is 77.7 Å². The predicted molar refractivity (Wildman–Crippen MR) is 136 cm³/mol. The van der Waals surface area contributed by atoms with Gasteiger partial charge in [0.25, 0.3) is 0 Å².